The van der Waals surface area contributed by atoms with Crippen LogP contribution < -0.4 is 5.32 Å². The largest absolute Gasteiger partial charge is 0.309 e. The third-order valence-corrected chi connectivity index (χ3v) is 5.27. The lowest BCUT2D eigenvalue weighted by Crippen LogP contribution is -2.18. The van der Waals surface area contributed by atoms with Crippen LogP contribution in [0, 0.1) is 11.3 Å². The van der Waals surface area contributed by atoms with Crippen LogP contribution in [0.2, 0.25) is 0 Å². The molecule has 30 heavy (non-hydrogen) atoms. The summed E-state index contributed by atoms with van der Waals surface area (Å²) in [6.07, 6.45) is 4.80. The number of rotatable bonds is 6. The summed E-state index contributed by atoms with van der Waals surface area (Å²) in [5.74, 6) is 0.856. The van der Waals surface area contributed by atoms with Gasteiger partial charge in [-0.15, -0.1) is 10.2 Å². The standard InChI is InChI=1S/C20H16N8OS/c1-27-19(14-7-9-22-10-8-14)25-26-20(27)30-13-17(29)24-18-15(11-21)12-23-28(18)16-5-3-2-4-6-16/h2-10,12H,13H2,1H3,(H,24,29). The second-order valence-corrected chi connectivity index (χ2v) is 7.15. The Hall–Kier alpha value is -3.97. The number of pyridine rings is 1. The molecule has 0 spiro atoms. The molecule has 148 valence electrons. The summed E-state index contributed by atoms with van der Waals surface area (Å²) in [5, 5.41) is 25.3. The summed E-state index contributed by atoms with van der Waals surface area (Å²) in [6, 6.07) is 15.0. The molecule has 0 aliphatic heterocycles. The first-order valence-electron chi connectivity index (χ1n) is 8.93. The third-order valence-electron chi connectivity index (χ3n) is 4.25. The molecule has 1 aromatic carbocycles. The summed E-state index contributed by atoms with van der Waals surface area (Å²) in [5.41, 5.74) is 1.93. The van der Waals surface area contributed by atoms with Crippen molar-refractivity contribution in [3.8, 4) is 23.1 Å². The normalized spacial score (nSPS) is 10.5. The molecule has 3 heterocycles. The van der Waals surface area contributed by atoms with E-state index in [-0.39, 0.29) is 17.2 Å². The SMILES string of the molecule is Cn1c(SCC(=O)Nc2c(C#N)cnn2-c2ccccc2)nnc1-c1ccncc1. The number of benzene rings is 1. The molecule has 0 radical (unpaired) electrons. The van der Waals surface area contributed by atoms with E-state index in [0.717, 1.165) is 11.3 Å². The fraction of sp³-hybridized carbons (Fsp3) is 0.100. The van der Waals surface area contributed by atoms with Crippen molar-refractivity contribution in [2.45, 2.75) is 5.16 Å². The number of thioether (sulfide) groups is 1. The summed E-state index contributed by atoms with van der Waals surface area (Å²) < 4.78 is 3.35. The number of para-hydroxylation sites is 1. The first-order chi connectivity index (χ1) is 14.7. The van der Waals surface area contributed by atoms with Gasteiger partial charge in [-0.25, -0.2) is 4.68 Å². The third kappa shape index (κ3) is 3.92. The van der Waals surface area contributed by atoms with E-state index in [4.69, 9.17) is 0 Å². The van der Waals surface area contributed by atoms with E-state index in [1.165, 1.54) is 22.6 Å². The fourth-order valence-corrected chi connectivity index (χ4v) is 3.52. The van der Waals surface area contributed by atoms with Crippen LogP contribution in [0.25, 0.3) is 17.1 Å². The molecular weight excluding hydrogens is 400 g/mol. The molecule has 1 N–H and O–H groups in total. The number of nitrogens with one attached hydrogen (secondary N) is 1. The fourth-order valence-electron chi connectivity index (χ4n) is 2.81. The van der Waals surface area contributed by atoms with Gasteiger partial charge >= 0.3 is 0 Å². The molecule has 9 nitrogen and oxygen atoms in total. The van der Waals surface area contributed by atoms with Crippen molar-refractivity contribution in [1.29, 1.82) is 5.26 Å². The molecule has 3 aromatic heterocycles. The minimum absolute atomic E-state index is 0.104. The van der Waals surface area contributed by atoms with Crippen molar-refractivity contribution in [2.75, 3.05) is 11.1 Å². The highest BCUT2D eigenvalue weighted by molar-refractivity contribution is 7.99. The topological polar surface area (TPSA) is 114 Å². The highest BCUT2D eigenvalue weighted by Crippen LogP contribution is 2.23. The van der Waals surface area contributed by atoms with Crippen LogP contribution in [0.5, 0.6) is 0 Å². The maximum atomic E-state index is 12.6. The molecule has 0 fully saturated rings. The Kier molecular flexibility index (Phi) is 5.54. The number of amides is 1. The Bertz CT molecular complexity index is 1210. The molecule has 0 bridgehead atoms. The van der Waals surface area contributed by atoms with Gasteiger partial charge < -0.3 is 9.88 Å². The molecule has 0 saturated heterocycles. The predicted octanol–water partition coefficient (Wildman–Crippen LogP) is 2.67. The van der Waals surface area contributed by atoms with Crippen molar-refractivity contribution in [1.82, 2.24) is 29.5 Å². The van der Waals surface area contributed by atoms with Crippen LogP contribution in [-0.4, -0.2) is 41.2 Å². The van der Waals surface area contributed by atoms with Gasteiger partial charge in [-0.2, -0.15) is 10.4 Å². The average Bonchev–Trinajstić information content (AvgIpc) is 3.36. The van der Waals surface area contributed by atoms with E-state index >= 15 is 0 Å². The zero-order valence-electron chi connectivity index (χ0n) is 15.9. The summed E-state index contributed by atoms with van der Waals surface area (Å²) in [4.78, 5) is 16.6. The van der Waals surface area contributed by atoms with Gasteiger partial charge in [0.1, 0.15) is 11.6 Å². The number of nitriles is 1. The minimum atomic E-state index is -0.275. The van der Waals surface area contributed by atoms with Gasteiger partial charge in [0.15, 0.2) is 16.8 Å². The maximum Gasteiger partial charge on any atom is 0.236 e. The lowest BCUT2D eigenvalue weighted by molar-refractivity contribution is -0.113. The summed E-state index contributed by atoms with van der Waals surface area (Å²) in [6.45, 7) is 0. The number of nitrogens with zero attached hydrogens (tertiary/aromatic N) is 7. The van der Waals surface area contributed by atoms with Crippen LogP contribution in [0.4, 0.5) is 5.82 Å². The van der Waals surface area contributed by atoms with E-state index < -0.39 is 0 Å². The maximum absolute atomic E-state index is 12.6. The first kappa shape index (κ1) is 19.4. The number of anilines is 1. The van der Waals surface area contributed by atoms with Crippen LogP contribution in [0.1, 0.15) is 5.56 Å². The lowest BCUT2D eigenvalue weighted by atomic mass is 10.2. The van der Waals surface area contributed by atoms with Gasteiger partial charge in [-0.05, 0) is 24.3 Å². The van der Waals surface area contributed by atoms with E-state index in [9.17, 15) is 10.1 Å². The summed E-state index contributed by atoms with van der Waals surface area (Å²) >= 11 is 1.26. The van der Waals surface area contributed by atoms with Crippen molar-refractivity contribution >= 4 is 23.5 Å². The molecule has 10 heteroatoms. The van der Waals surface area contributed by atoms with Gasteiger partial charge in [0, 0.05) is 25.0 Å². The quantitative estimate of drug-likeness (QED) is 0.481. The summed E-state index contributed by atoms with van der Waals surface area (Å²) in [7, 11) is 1.84. The molecule has 0 unspecified atom stereocenters. The Balaban J connectivity index is 1.48. The molecule has 0 aliphatic rings. The Labute approximate surface area is 176 Å². The smallest absolute Gasteiger partial charge is 0.236 e. The van der Waals surface area contributed by atoms with Gasteiger partial charge in [0.2, 0.25) is 5.91 Å². The molecular formula is C20H16N8OS. The molecule has 4 rings (SSSR count). The van der Waals surface area contributed by atoms with Gasteiger partial charge in [-0.1, -0.05) is 30.0 Å². The number of hydrogen-bond acceptors (Lipinski definition) is 7. The minimum Gasteiger partial charge on any atom is -0.309 e. The molecule has 4 aromatic rings. The van der Waals surface area contributed by atoms with E-state index in [2.05, 4.69) is 31.7 Å². The molecule has 0 atom stereocenters. The van der Waals surface area contributed by atoms with Crippen LogP contribution >= 0.6 is 11.8 Å². The van der Waals surface area contributed by atoms with Gasteiger partial charge in [0.25, 0.3) is 0 Å². The van der Waals surface area contributed by atoms with E-state index in [1.54, 1.807) is 12.4 Å². The van der Waals surface area contributed by atoms with E-state index in [0.29, 0.717) is 16.8 Å². The molecule has 1 amide bonds. The number of hydrogen-bond donors (Lipinski definition) is 1. The lowest BCUT2D eigenvalue weighted by Gasteiger charge is -2.09. The van der Waals surface area contributed by atoms with Gasteiger partial charge in [0.05, 0.1) is 17.6 Å². The number of aromatic nitrogens is 6. The Morgan fingerprint density at radius 3 is 2.67 bits per heavy atom. The van der Waals surface area contributed by atoms with Crippen LogP contribution in [0.15, 0.2) is 66.2 Å². The van der Waals surface area contributed by atoms with E-state index in [1.807, 2.05) is 54.1 Å². The zero-order valence-corrected chi connectivity index (χ0v) is 16.7. The predicted molar refractivity (Wildman–Crippen MR) is 112 cm³/mol. The van der Waals surface area contributed by atoms with Crippen molar-refractivity contribution in [3.63, 3.8) is 0 Å². The van der Waals surface area contributed by atoms with Crippen LogP contribution in [0.3, 0.4) is 0 Å². The van der Waals surface area contributed by atoms with Crippen molar-refractivity contribution in [3.05, 3.63) is 66.6 Å². The zero-order chi connectivity index (χ0) is 20.9. The van der Waals surface area contributed by atoms with Crippen LogP contribution in [-0.2, 0) is 11.8 Å². The highest BCUT2D eigenvalue weighted by Gasteiger charge is 2.17. The second kappa shape index (κ2) is 8.59. The highest BCUT2D eigenvalue weighted by atomic mass is 32.2. The van der Waals surface area contributed by atoms with Crippen molar-refractivity contribution < 1.29 is 4.79 Å². The second-order valence-electron chi connectivity index (χ2n) is 6.20. The molecule has 0 aliphatic carbocycles. The monoisotopic (exact) mass is 416 g/mol. The molecule has 0 saturated carbocycles. The first-order valence-corrected chi connectivity index (χ1v) is 9.92. The number of carbonyl (C=O) groups excluding carboxylic acids is 1. The Morgan fingerprint density at radius 1 is 1.17 bits per heavy atom. The van der Waals surface area contributed by atoms with Gasteiger partial charge in [-0.3, -0.25) is 9.78 Å². The average molecular weight is 416 g/mol. The number of carbonyl (C=O) groups is 1. The van der Waals surface area contributed by atoms with Crippen molar-refractivity contribution in [2.24, 2.45) is 7.05 Å². The Morgan fingerprint density at radius 2 is 1.93 bits per heavy atom.